The largest absolute Gasteiger partial charge is 0.370 e. The Balaban J connectivity index is 2.66. The number of amides is 1. The van der Waals surface area contributed by atoms with E-state index in [1.165, 1.54) is 0 Å². The summed E-state index contributed by atoms with van der Waals surface area (Å²) in [6.45, 7) is 1.80. The van der Waals surface area contributed by atoms with Crippen LogP contribution >= 0.6 is 0 Å². The van der Waals surface area contributed by atoms with Crippen LogP contribution in [0.25, 0.3) is 0 Å². The Morgan fingerprint density at radius 2 is 1.95 bits per heavy atom. The molecular weight excluding hydrogens is 314 g/mol. The highest BCUT2D eigenvalue weighted by atomic mass is 32.2. The maximum Gasteiger partial charge on any atom is 0.218 e. The molecule has 1 aromatic carbocycles. The highest BCUT2D eigenvalue weighted by Gasteiger charge is 2.19. The van der Waals surface area contributed by atoms with Crippen LogP contribution in [0.5, 0.6) is 0 Å². The van der Waals surface area contributed by atoms with Gasteiger partial charge < -0.3 is 5.73 Å². The molecule has 0 aliphatic carbocycles. The molecule has 0 heterocycles. The molecule has 0 spiro atoms. The molecule has 0 bridgehead atoms. The molecule has 1 aromatic rings. The molecular formula is C14H20F2N2O3S. The lowest BCUT2D eigenvalue weighted by atomic mass is 10.1. The van der Waals surface area contributed by atoms with Gasteiger partial charge in [0.25, 0.3) is 0 Å². The third-order valence-electron chi connectivity index (χ3n) is 3.48. The normalized spacial score (nSPS) is 13.3. The minimum absolute atomic E-state index is 0.137. The van der Waals surface area contributed by atoms with Crippen molar-refractivity contribution in [3.05, 3.63) is 35.4 Å². The molecule has 0 saturated heterocycles. The number of sulfone groups is 1. The van der Waals surface area contributed by atoms with Crippen molar-refractivity contribution >= 4 is 15.7 Å². The molecule has 1 rings (SSSR count). The van der Waals surface area contributed by atoms with E-state index in [0.29, 0.717) is 0 Å². The molecule has 0 radical (unpaired) electrons. The lowest BCUT2D eigenvalue weighted by Crippen LogP contribution is -2.30. The summed E-state index contributed by atoms with van der Waals surface area (Å²) in [5, 5.41) is 0. The zero-order valence-corrected chi connectivity index (χ0v) is 13.4. The average molecular weight is 334 g/mol. The monoisotopic (exact) mass is 334 g/mol. The molecule has 2 N–H and O–H groups in total. The third kappa shape index (κ3) is 5.69. The average Bonchev–Trinajstić information content (AvgIpc) is 2.44. The maximum absolute atomic E-state index is 13.7. The van der Waals surface area contributed by atoms with E-state index < -0.39 is 33.4 Å². The number of carbonyl (C=O) groups excluding carboxylic acids is 1. The summed E-state index contributed by atoms with van der Waals surface area (Å²) in [7, 11) is -1.79. The van der Waals surface area contributed by atoms with Crippen LogP contribution in [0.3, 0.4) is 0 Å². The SMILES string of the molecule is C[C@@H](c1cc(F)ccc1F)N(C)CCS(=O)(=O)CCC(N)=O. The number of carbonyl (C=O) groups is 1. The quantitative estimate of drug-likeness (QED) is 0.776. The van der Waals surface area contributed by atoms with E-state index in [-0.39, 0.29) is 30.0 Å². The number of hydrogen-bond donors (Lipinski definition) is 1. The summed E-state index contributed by atoms with van der Waals surface area (Å²) in [6.07, 6.45) is -0.222. The smallest absolute Gasteiger partial charge is 0.218 e. The minimum Gasteiger partial charge on any atom is -0.370 e. The second kappa shape index (κ2) is 7.64. The molecule has 124 valence electrons. The Hall–Kier alpha value is -1.54. The van der Waals surface area contributed by atoms with Gasteiger partial charge in [-0.05, 0) is 32.2 Å². The van der Waals surface area contributed by atoms with Gasteiger partial charge in [0.1, 0.15) is 11.6 Å². The van der Waals surface area contributed by atoms with Gasteiger partial charge in [0.05, 0.1) is 11.5 Å². The van der Waals surface area contributed by atoms with E-state index >= 15 is 0 Å². The standard InChI is InChI=1S/C14H20F2N2O3S/c1-10(12-9-11(15)3-4-13(12)16)18(2)6-8-22(20,21)7-5-14(17)19/h3-4,9-10H,5-8H2,1-2H3,(H2,17,19)/t10-/m0/s1. The summed E-state index contributed by atoms with van der Waals surface area (Å²) in [5.41, 5.74) is 5.08. The first-order valence-electron chi connectivity index (χ1n) is 6.76. The number of halogens is 2. The van der Waals surface area contributed by atoms with Crippen LogP contribution in [-0.4, -0.2) is 44.3 Å². The minimum atomic E-state index is -3.42. The van der Waals surface area contributed by atoms with Crippen molar-refractivity contribution in [1.82, 2.24) is 4.90 Å². The molecule has 0 saturated carbocycles. The van der Waals surface area contributed by atoms with Gasteiger partial charge in [0.15, 0.2) is 9.84 Å². The van der Waals surface area contributed by atoms with Gasteiger partial charge in [-0.1, -0.05) is 0 Å². The predicted molar refractivity (Wildman–Crippen MR) is 79.9 cm³/mol. The summed E-state index contributed by atoms with van der Waals surface area (Å²) >= 11 is 0. The van der Waals surface area contributed by atoms with Crippen LogP contribution in [-0.2, 0) is 14.6 Å². The number of primary amides is 1. The van der Waals surface area contributed by atoms with Crippen molar-refractivity contribution in [3.8, 4) is 0 Å². The van der Waals surface area contributed by atoms with E-state index in [9.17, 15) is 22.0 Å². The van der Waals surface area contributed by atoms with E-state index in [2.05, 4.69) is 0 Å². The topological polar surface area (TPSA) is 80.5 Å². The third-order valence-corrected chi connectivity index (χ3v) is 5.11. The Bertz CT molecular complexity index is 635. The molecule has 0 unspecified atom stereocenters. The first kappa shape index (κ1) is 18.5. The van der Waals surface area contributed by atoms with E-state index in [4.69, 9.17) is 5.73 Å². The number of nitrogens with zero attached hydrogens (tertiary/aromatic N) is 1. The lowest BCUT2D eigenvalue weighted by molar-refractivity contribution is -0.117. The van der Waals surface area contributed by atoms with Crippen molar-refractivity contribution in [2.45, 2.75) is 19.4 Å². The zero-order valence-electron chi connectivity index (χ0n) is 12.6. The molecule has 0 aliphatic heterocycles. The number of nitrogens with two attached hydrogens (primary N) is 1. The highest BCUT2D eigenvalue weighted by molar-refractivity contribution is 7.91. The van der Waals surface area contributed by atoms with Gasteiger partial charge >= 0.3 is 0 Å². The van der Waals surface area contributed by atoms with Gasteiger partial charge in [0, 0.05) is 24.6 Å². The number of rotatable bonds is 8. The second-order valence-electron chi connectivity index (χ2n) is 5.19. The van der Waals surface area contributed by atoms with Crippen molar-refractivity contribution in [2.24, 2.45) is 5.73 Å². The van der Waals surface area contributed by atoms with Gasteiger partial charge in [0.2, 0.25) is 5.91 Å². The van der Waals surface area contributed by atoms with Crippen molar-refractivity contribution in [2.75, 3.05) is 25.1 Å². The van der Waals surface area contributed by atoms with Gasteiger partial charge in [-0.2, -0.15) is 0 Å². The summed E-state index contributed by atoms with van der Waals surface area (Å²) in [5.74, 6) is -2.26. The van der Waals surface area contributed by atoms with Crippen LogP contribution in [0.1, 0.15) is 24.9 Å². The van der Waals surface area contributed by atoms with Crippen LogP contribution in [0, 0.1) is 11.6 Å². The summed E-state index contributed by atoms with van der Waals surface area (Å²) in [4.78, 5) is 12.2. The predicted octanol–water partition coefficient (Wildman–Crippen LogP) is 1.25. The van der Waals surface area contributed by atoms with Crippen molar-refractivity contribution < 1.29 is 22.0 Å². The fourth-order valence-electron chi connectivity index (χ4n) is 1.91. The van der Waals surface area contributed by atoms with Crippen molar-refractivity contribution in [1.29, 1.82) is 0 Å². The maximum atomic E-state index is 13.7. The van der Waals surface area contributed by atoms with Crippen LogP contribution in [0.15, 0.2) is 18.2 Å². The lowest BCUT2D eigenvalue weighted by Gasteiger charge is -2.25. The van der Waals surface area contributed by atoms with E-state index in [1.54, 1.807) is 18.9 Å². The van der Waals surface area contributed by atoms with Gasteiger partial charge in [-0.3, -0.25) is 9.69 Å². The number of hydrogen-bond acceptors (Lipinski definition) is 4. The van der Waals surface area contributed by atoms with Crippen LogP contribution in [0.4, 0.5) is 8.78 Å². The first-order valence-corrected chi connectivity index (χ1v) is 8.58. The van der Waals surface area contributed by atoms with Gasteiger partial charge in [-0.25, -0.2) is 17.2 Å². The summed E-state index contributed by atoms with van der Waals surface area (Å²) in [6, 6.07) is 2.68. The highest BCUT2D eigenvalue weighted by Crippen LogP contribution is 2.22. The Morgan fingerprint density at radius 3 is 2.55 bits per heavy atom. The Labute approximate surface area is 129 Å². The van der Waals surface area contributed by atoms with E-state index in [1.807, 2.05) is 0 Å². The first-order chi connectivity index (χ1) is 10.1. The second-order valence-corrected chi connectivity index (χ2v) is 7.49. The molecule has 1 atom stereocenters. The molecule has 0 aromatic heterocycles. The van der Waals surface area contributed by atoms with Crippen LogP contribution in [0.2, 0.25) is 0 Å². The fraction of sp³-hybridized carbons (Fsp3) is 0.500. The molecule has 1 amide bonds. The van der Waals surface area contributed by atoms with Gasteiger partial charge in [-0.15, -0.1) is 0 Å². The Kier molecular flexibility index (Phi) is 6.43. The molecule has 5 nitrogen and oxygen atoms in total. The van der Waals surface area contributed by atoms with Crippen LogP contribution < -0.4 is 5.73 Å². The number of benzene rings is 1. The molecule has 0 aliphatic rings. The summed E-state index contributed by atoms with van der Waals surface area (Å²) < 4.78 is 50.4. The molecule has 8 heteroatoms. The van der Waals surface area contributed by atoms with Crippen molar-refractivity contribution in [3.63, 3.8) is 0 Å². The fourth-order valence-corrected chi connectivity index (χ4v) is 3.19. The Morgan fingerprint density at radius 1 is 1.32 bits per heavy atom. The molecule has 22 heavy (non-hydrogen) atoms. The van der Waals surface area contributed by atoms with E-state index in [0.717, 1.165) is 18.2 Å². The molecule has 0 fully saturated rings. The zero-order chi connectivity index (χ0) is 16.9.